The number of rotatable bonds is 3. The fourth-order valence-corrected chi connectivity index (χ4v) is 2.63. The second-order valence-electron chi connectivity index (χ2n) is 5.61. The lowest BCUT2D eigenvalue weighted by atomic mass is 10.1. The molecule has 5 nitrogen and oxygen atoms in total. The van der Waals surface area contributed by atoms with Crippen LogP contribution in [0, 0.1) is 0 Å². The Balaban J connectivity index is 1.67. The van der Waals surface area contributed by atoms with Gasteiger partial charge in [0.25, 0.3) is 0 Å². The third kappa shape index (κ3) is 4.01. The molecule has 2 N–H and O–H groups in total. The van der Waals surface area contributed by atoms with E-state index in [-0.39, 0.29) is 6.10 Å². The molecule has 1 atom stereocenters. The van der Waals surface area contributed by atoms with Crippen LogP contribution in [-0.2, 0) is 17.5 Å². The van der Waals surface area contributed by atoms with Crippen molar-refractivity contribution in [1.82, 2.24) is 14.9 Å². The van der Waals surface area contributed by atoms with E-state index in [0.717, 1.165) is 17.7 Å². The number of morpholine rings is 1. The highest BCUT2D eigenvalue weighted by atomic mass is 19.4. The Kier molecular flexibility index (Phi) is 4.68. The number of halogens is 3. The van der Waals surface area contributed by atoms with Crippen LogP contribution < -0.4 is 5.73 Å². The van der Waals surface area contributed by atoms with Crippen LogP contribution in [0.15, 0.2) is 36.5 Å². The molecule has 0 amide bonds. The first-order valence-electron chi connectivity index (χ1n) is 7.50. The number of nitrogens with zero attached hydrogens (tertiary/aromatic N) is 3. The molecule has 1 aromatic heterocycles. The Bertz CT molecular complexity index is 690. The summed E-state index contributed by atoms with van der Waals surface area (Å²) in [5.74, 6) is 1.02. The molecular weight excluding hydrogens is 321 g/mol. The zero-order valence-electron chi connectivity index (χ0n) is 12.8. The Morgan fingerprint density at radius 2 is 1.96 bits per heavy atom. The smallest absolute Gasteiger partial charge is 0.384 e. The number of nitrogen functional groups attached to an aromatic ring is 1. The summed E-state index contributed by atoms with van der Waals surface area (Å²) in [5.41, 5.74) is 5.71. The van der Waals surface area contributed by atoms with Crippen molar-refractivity contribution < 1.29 is 17.9 Å². The number of anilines is 1. The van der Waals surface area contributed by atoms with Gasteiger partial charge in [0.15, 0.2) is 0 Å². The normalized spacial score (nSPS) is 19.4. The van der Waals surface area contributed by atoms with Crippen LogP contribution in [0.1, 0.15) is 23.1 Å². The number of hydrogen-bond donors (Lipinski definition) is 1. The number of nitrogens with two attached hydrogens (primary N) is 1. The van der Waals surface area contributed by atoms with Gasteiger partial charge in [-0.3, -0.25) is 4.90 Å². The molecule has 0 bridgehead atoms. The maximum atomic E-state index is 12.6. The zero-order chi connectivity index (χ0) is 17.2. The van der Waals surface area contributed by atoms with Crippen molar-refractivity contribution in [2.45, 2.75) is 18.8 Å². The van der Waals surface area contributed by atoms with Crippen molar-refractivity contribution in [3.8, 4) is 0 Å². The lowest BCUT2D eigenvalue weighted by Crippen LogP contribution is -2.38. The number of hydrogen-bond acceptors (Lipinski definition) is 5. The molecule has 1 aromatic carbocycles. The van der Waals surface area contributed by atoms with Crippen molar-refractivity contribution in [2.75, 3.05) is 25.4 Å². The molecule has 24 heavy (non-hydrogen) atoms. The minimum Gasteiger partial charge on any atom is -0.384 e. The molecule has 2 heterocycles. The van der Waals surface area contributed by atoms with E-state index in [0.29, 0.717) is 37.9 Å². The summed E-state index contributed by atoms with van der Waals surface area (Å²) < 4.78 is 43.6. The summed E-state index contributed by atoms with van der Waals surface area (Å²) in [5, 5.41) is 0. The zero-order valence-corrected chi connectivity index (χ0v) is 12.8. The summed E-state index contributed by atoms with van der Waals surface area (Å²) in [7, 11) is 0. The van der Waals surface area contributed by atoms with E-state index < -0.39 is 11.7 Å². The lowest BCUT2D eigenvalue weighted by molar-refractivity contribution is -0.137. The average molecular weight is 338 g/mol. The first-order chi connectivity index (χ1) is 11.4. The first kappa shape index (κ1) is 16.7. The Morgan fingerprint density at radius 3 is 2.62 bits per heavy atom. The van der Waals surface area contributed by atoms with Crippen molar-refractivity contribution in [2.24, 2.45) is 0 Å². The fraction of sp³-hybridized carbons (Fsp3) is 0.375. The summed E-state index contributed by atoms with van der Waals surface area (Å²) in [6.07, 6.45) is -3.00. The van der Waals surface area contributed by atoms with Crippen LogP contribution in [-0.4, -0.2) is 34.6 Å². The van der Waals surface area contributed by atoms with Crippen LogP contribution in [0.3, 0.4) is 0 Å². The Morgan fingerprint density at radius 1 is 1.21 bits per heavy atom. The molecule has 8 heteroatoms. The highest BCUT2D eigenvalue weighted by Crippen LogP contribution is 2.31. The summed E-state index contributed by atoms with van der Waals surface area (Å²) >= 11 is 0. The lowest BCUT2D eigenvalue weighted by Gasteiger charge is -2.32. The predicted molar refractivity (Wildman–Crippen MR) is 81.9 cm³/mol. The fourth-order valence-electron chi connectivity index (χ4n) is 2.63. The number of aromatic nitrogens is 2. The molecule has 1 fully saturated rings. The molecule has 0 spiro atoms. The van der Waals surface area contributed by atoms with Gasteiger partial charge in [-0.05, 0) is 23.8 Å². The van der Waals surface area contributed by atoms with Crippen molar-refractivity contribution >= 4 is 5.82 Å². The maximum Gasteiger partial charge on any atom is 0.416 e. The Labute approximate surface area is 137 Å². The van der Waals surface area contributed by atoms with Crippen LogP contribution in [0.2, 0.25) is 0 Å². The standard InChI is InChI=1S/C16H17F3N4O/c17-16(18,19)12-3-1-11(2-4-12)13-9-23(7-8-24-13)10-15-21-6-5-14(20)22-15/h1-6,13H,7-10H2,(H2,20,21,22)/t13-/m1/s1. The minimum absolute atomic E-state index is 0.276. The van der Waals surface area contributed by atoms with Gasteiger partial charge in [0, 0.05) is 19.3 Å². The highest BCUT2D eigenvalue weighted by Gasteiger charge is 2.30. The van der Waals surface area contributed by atoms with Gasteiger partial charge in [-0.25, -0.2) is 9.97 Å². The quantitative estimate of drug-likeness (QED) is 0.932. The molecule has 2 aromatic rings. The van der Waals surface area contributed by atoms with Gasteiger partial charge in [-0.2, -0.15) is 13.2 Å². The van der Waals surface area contributed by atoms with Crippen molar-refractivity contribution in [3.63, 3.8) is 0 Å². The van der Waals surface area contributed by atoms with Gasteiger partial charge < -0.3 is 10.5 Å². The molecule has 3 rings (SSSR count). The van der Waals surface area contributed by atoms with Crippen LogP contribution >= 0.6 is 0 Å². The van der Waals surface area contributed by atoms with E-state index >= 15 is 0 Å². The molecule has 0 saturated carbocycles. The highest BCUT2D eigenvalue weighted by molar-refractivity contribution is 5.27. The molecule has 1 aliphatic rings. The molecule has 0 aliphatic carbocycles. The summed E-state index contributed by atoms with van der Waals surface area (Å²) in [6.45, 7) is 2.28. The van der Waals surface area contributed by atoms with E-state index in [9.17, 15) is 13.2 Å². The van der Waals surface area contributed by atoms with Gasteiger partial charge in [-0.15, -0.1) is 0 Å². The van der Waals surface area contributed by atoms with E-state index in [1.807, 2.05) is 0 Å². The largest absolute Gasteiger partial charge is 0.416 e. The van der Waals surface area contributed by atoms with Gasteiger partial charge in [0.05, 0.1) is 24.8 Å². The van der Waals surface area contributed by atoms with Crippen LogP contribution in [0.4, 0.5) is 19.0 Å². The molecular formula is C16H17F3N4O. The van der Waals surface area contributed by atoms with E-state index in [1.165, 1.54) is 12.1 Å². The van der Waals surface area contributed by atoms with Gasteiger partial charge in [-0.1, -0.05) is 12.1 Å². The van der Waals surface area contributed by atoms with E-state index in [1.54, 1.807) is 12.3 Å². The Hall–Kier alpha value is -2.19. The topological polar surface area (TPSA) is 64.3 Å². The minimum atomic E-state index is -4.33. The van der Waals surface area contributed by atoms with Crippen LogP contribution in [0.5, 0.6) is 0 Å². The number of ether oxygens (including phenoxy) is 1. The molecule has 0 radical (unpaired) electrons. The second kappa shape index (κ2) is 6.74. The van der Waals surface area contributed by atoms with E-state index in [4.69, 9.17) is 10.5 Å². The second-order valence-corrected chi connectivity index (χ2v) is 5.61. The van der Waals surface area contributed by atoms with E-state index in [2.05, 4.69) is 14.9 Å². The number of alkyl halides is 3. The monoisotopic (exact) mass is 338 g/mol. The first-order valence-corrected chi connectivity index (χ1v) is 7.50. The maximum absolute atomic E-state index is 12.6. The van der Waals surface area contributed by atoms with Crippen molar-refractivity contribution in [3.05, 3.63) is 53.5 Å². The molecule has 0 unspecified atom stereocenters. The van der Waals surface area contributed by atoms with Crippen LogP contribution in [0.25, 0.3) is 0 Å². The number of benzene rings is 1. The third-order valence-electron chi connectivity index (χ3n) is 3.85. The molecule has 1 saturated heterocycles. The third-order valence-corrected chi connectivity index (χ3v) is 3.85. The van der Waals surface area contributed by atoms with Crippen molar-refractivity contribution in [1.29, 1.82) is 0 Å². The SMILES string of the molecule is Nc1ccnc(CN2CCO[C@@H](c3ccc(C(F)(F)F)cc3)C2)n1. The molecule has 1 aliphatic heterocycles. The average Bonchev–Trinajstić information content (AvgIpc) is 2.54. The summed E-state index contributed by atoms with van der Waals surface area (Å²) in [6, 6.07) is 6.72. The predicted octanol–water partition coefficient (Wildman–Crippen LogP) is 2.65. The van der Waals surface area contributed by atoms with Gasteiger partial charge >= 0.3 is 6.18 Å². The summed E-state index contributed by atoms with van der Waals surface area (Å²) in [4.78, 5) is 10.4. The molecule has 128 valence electrons. The van der Waals surface area contributed by atoms with Gasteiger partial charge in [0.1, 0.15) is 11.6 Å². The van der Waals surface area contributed by atoms with Gasteiger partial charge in [0.2, 0.25) is 0 Å².